The highest BCUT2D eigenvalue weighted by molar-refractivity contribution is 5.81. The number of nitrogens with two attached hydrogens (primary N) is 1. The van der Waals surface area contributed by atoms with E-state index in [1.165, 1.54) is 0 Å². The van der Waals surface area contributed by atoms with E-state index in [0.29, 0.717) is 25.6 Å². The van der Waals surface area contributed by atoms with Crippen molar-refractivity contribution in [3.8, 4) is 0 Å². The minimum atomic E-state index is -0.373. The number of carbonyl (C=O) groups is 1. The van der Waals surface area contributed by atoms with E-state index in [1.807, 2.05) is 6.92 Å². The van der Waals surface area contributed by atoms with Crippen LogP contribution >= 0.6 is 0 Å². The van der Waals surface area contributed by atoms with Crippen molar-refractivity contribution in [1.82, 2.24) is 4.90 Å². The van der Waals surface area contributed by atoms with Gasteiger partial charge in [-0.15, -0.1) is 0 Å². The van der Waals surface area contributed by atoms with Crippen molar-refractivity contribution in [2.45, 2.75) is 33.2 Å². The molecule has 0 heterocycles. The fraction of sp³-hybridized carbons (Fsp3) is 0.909. The molecule has 1 amide bonds. The first-order valence-corrected chi connectivity index (χ1v) is 5.56. The first-order chi connectivity index (χ1) is 7.02. The Morgan fingerprint density at radius 1 is 1.47 bits per heavy atom. The minimum Gasteiger partial charge on any atom is -0.383 e. The number of amides is 1. The standard InChI is InChI=1S/C11H24N2O2/c1-5-13(6-7-15-4)11(14)10(12)8-9(2)3/h9-10H,5-8,12H2,1-4H3/t10-/m1/s1. The third kappa shape index (κ3) is 5.74. The molecule has 0 aromatic rings. The second-order valence-electron chi connectivity index (χ2n) is 4.15. The topological polar surface area (TPSA) is 55.6 Å². The molecule has 90 valence electrons. The first kappa shape index (κ1) is 14.4. The van der Waals surface area contributed by atoms with Gasteiger partial charge < -0.3 is 15.4 Å². The maximum atomic E-state index is 11.9. The van der Waals surface area contributed by atoms with E-state index in [-0.39, 0.29) is 11.9 Å². The smallest absolute Gasteiger partial charge is 0.239 e. The predicted octanol–water partition coefficient (Wildman–Crippen LogP) is 0.855. The van der Waals surface area contributed by atoms with Crippen molar-refractivity contribution < 1.29 is 9.53 Å². The molecule has 2 N–H and O–H groups in total. The largest absolute Gasteiger partial charge is 0.383 e. The summed E-state index contributed by atoms with van der Waals surface area (Å²) in [5.41, 5.74) is 5.83. The highest BCUT2D eigenvalue weighted by atomic mass is 16.5. The quantitative estimate of drug-likeness (QED) is 0.686. The molecule has 0 aliphatic carbocycles. The Morgan fingerprint density at radius 2 is 2.07 bits per heavy atom. The van der Waals surface area contributed by atoms with E-state index in [1.54, 1.807) is 12.0 Å². The van der Waals surface area contributed by atoms with Crippen LogP contribution in [-0.4, -0.2) is 43.7 Å². The van der Waals surface area contributed by atoms with Crippen LogP contribution in [0, 0.1) is 5.92 Å². The van der Waals surface area contributed by atoms with E-state index < -0.39 is 0 Å². The summed E-state index contributed by atoms with van der Waals surface area (Å²) in [7, 11) is 1.63. The number of carbonyl (C=O) groups excluding carboxylic acids is 1. The lowest BCUT2D eigenvalue weighted by Crippen LogP contribution is -2.45. The number of rotatable bonds is 7. The molecule has 0 radical (unpaired) electrons. The fourth-order valence-corrected chi connectivity index (χ4v) is 1.47. The van der Waals surface area contributed by atoms with E-state index in [4.69, 9.17) is 10.5 Å². The Morgan fingerprint density at radius 3 is 2.47 bits per heavy atom. The van der Waals surface area contributed by atoms with Crippen LogP contribution in [-0.2, 0) is 9.53 Å². The van der Waals surface area contributed by atoms with Crippen molar-refractivity contribution in [3.05, 3.63) is 0 Å². The fourth-order valence-electron chi connectivity index (χ4n) is 1.47. The molecule has 0 aliphatic heterocycles. The lowest BCUT2D eigenvalue weighted by Gasteiger charge is -2.24. The summed E-state index contributed by atoms with van der Waals surface area (Å²) in [6.45, 7) is 7.96. The minimum absolute atomic E-state index is 0.0308. The van der Waals surface area contributed by atoms with Gasteiger partial charge in [0.1, 0.15) is 0 Å². The Balaban J connectivity index is 4.11. The molecule has 4 nitrogen and oxygen atoms in total. The van der Waals surface area contributed by atoms with Crippen LogP contribution in [0.15, 0.2) is 0 Å². The molecule has 1 atom stereocenters. The molecule has 0 saturated carbocycles. The predicted molar refractivity (Wildman–Crippen MR) is 61.6 cm³/mol. The van der Waals surface area contributed by atoms with Crippen molar-refractivity contribution in [1.29, 1.82) is 0 Å². The zero-order valence-electron chi connectivity index (χ0n) is 10.3. The third-order valence-corrected chi connectivity index (χ3v) is 2.30. The van der Waals surface area contributed by atoms with Gasteiger partial charge in [0.15, 0.2) is 0 Å². The number of ether oxygens (including phenoxy) is 1. The van der Waals surface area contributed by atoms with Gasteiger partial charge in [-0.05, 0) is 19.3 Å². The van der Waals surface area contributed by atoms with Gasteiger partial charge in [-0.25, -0.2) is 0 Å². The SMILES string of the molecule is CCN(CCOC)C(=O)[C@H](N)CC(C)C. The average molecular weight is 216 g/mol. The van der Waals surface area contributed by atoms with Crippen molar-refractivity contribution in [2.24, 2.45) is 11.7 Å². The van der Waals surface area contributed by atoms with Crippen LogP contribution in [0.2, 0.25) is 0 Å². The van der Waals surface area contributed by atoms with E-state index in [9.17, 15) is 4.79 Å². The summed E-state index contributed by atoms with van der Waals surface area (Å²) in [6, 6.07) is -0.373. The summed E-state index contributed by atoms with van der Waals surface area (Å²) in [4.78, 5) is 13.6. The molecule has 0 aromatic carbocycles. The van der Waals surface area contributed by atoms with Crippen LogP contribution in [0.5, 0.6) is 0 Å². The van der Waals surface area contributed by atoms with Crippen LogP contribution in [0.4, 0.5) is 0 Å². The number of methoxy groups -OCH3 is 1. The molecule has 15 heavy (non-hydrogen) atoms. The van der Waals surface area contributed by atoms with Gasteiger partial charge in [0.25, 0.3) is 0 Å². The number of likely N-dealkylation sites (N-methyl/N-ethyl adjacent to an activating group) is 1. The molecule has 0 fully saturated rings. The van der Waals surface area contributed by atoms with Gasteiger partial charge >= 0.3 is 0 Å². The van der Waals surface area contributed by atoms with E-state index in [0.717, 1.165) is 6.42 Å². The number of hydrogen-bond acceptors (Lipinski definition) is 3. The maximum Gasteiger partial charge on any atom is 0.239 e. The molecular formula is C11H24N2O2. The Bertz CT molecular complexity index is 183. The molecule has 0 bridgehead atoms. The maximum absolute atomic E-state index is 11.9. The number of hydrogen-bond donors (Lipinski definition) is 1. The molecule has 0 spiro atoms. The van der Waals surface area contributed by atoms with Crippen molar-refractivity contribution >= 4 is 5.91 Å². The van der Waals surface area contributed by atoms with Gasteiger partial charge in [0, 0.05) is 20.2 Å². The zero-order valence-corrected chi connectivity index (χ0v) is 10.3. The van der Waals surface area contributed by atoms with Gasteiger partial charge in [0.05, 0.1) is 12.6 Å². The second kappa shape index (κ2) is 7.65. The highest BCUT2D eigenvalue weighted by Gasteiger charge is 2.20. The van der Waals surface area contributed by atoms with Gasteiger partial charge in [-0.3, -0.25) is 4.79 Å². The summed E-state index contributed by atoms with van der Waals surface area (Å²) in [6.07, 6.45) is 0.738. The van der Waals surface area contributed by atoms with Crippen LogP contribution < -0.4 is 5.73 Å². The second-order valence-corrected chi connectivity index (χ2v) is 4.15. The van der Waals surface area contributed by atoms with Crippen molar-refractivity contribution in [2.75, 3.05) is 26.8 Å². The summed E-state index contributed by atoms with van der Waals surface area (Å²) >= 11 is 0. The van der Waals surface area contributed by atoms with E-state index in [2.05, 4.69) is 13.8 Å². The molecule has 4 heteroatoms. The summed E-state index contributed by atoms with van der Waals surface area (Å²) in [5, 5.41) is 0. The lowest BCUT2D eigenvalue weighted by atomic mass is 10.0. The lowest BCUT2D eigenvalue weighted by molar-refractivity contribution is -0.133. The van der Waals surface area contributed by atoms with Crippen LogP contribution in [0.25, 0.3) is 0 Å². The van der Waals surface area contributed by atoms with Crippen molar-refractivity contribution in [3.63, 3.8) is 0 Å². The third-order valence-electron chi connectivity index (χ3n) is 2.30. The molecule has 0 rings (SSSR count). The molecule has 0 aliphatic rings. The monoisotopic (exact) mass is 216 g/mol. The van der Waals surface area contributed by atoms with E-state index >= 15 is 0 Å². The Labute approximate surface area is 92.8 Å². The Kier molecular flexibility index (Phi) is 7.34. The molecule has 0 saturated heterocycles. The molecular weight excluding hydrogens is 192 g/mol. The Hall–Kier alpha value is -0.610. The summed E-state index contributed by atoms with van der Waals surface area (Å²) in [5.74, 6) is 0.480. The highest BCUT2D eigenvalue weighted by Crippen LogP contribution is 2.05. The molecule has 0 aromatic heterocycles. The zero-order chi connectivity index (χ0) is 11.8. The summed E-state index contributed by atoms with van der Waals surface area (Å²) < 4.78 is 4.95. The molecule has 0 unspecified atom stereocenters. The van der Waals surface area contributed by atoms with Gasteiger partial charge in [-0.1, -0.05) is 13.8 Å². The normalized spacial score (nSPS) is 12.9. The first-order valence-electron chi connectivity index (χ1n) is 5.56. The van der Waals surface area contributed by atoms with Crippen LogP contribution in [0.1, 0.15) is 27.2 Å². The van der Waals surface area contributed by atoms with Crippen LogP contribution in [0.3, 0.4) is 0 Å². The van der Waals surface area contributed by atoms with Gasteiger partial charge in [-0.2, -0.15) is 0 Å². The number of nitrogens with zero attached hydrogens (tertiary/aromatic N) is 1. The average Bonchev–Trinajstić information content (AvgIpc) is 2.17. The van der Waals surface area contributed by atoms with Gasteiger partial charge in [0.2, 0.25) is 5.91 Å².